The van der Waals surface area contributed by atoms with Gasteiger partial charge < -0.3 is 9.88 Å². The highest BCUT2D eigenvalue weighted by atomic mass is 32.1. The predicted molar refractivity (Wildman–Crippen MR) is 297 cm³/mol. The molecule has 1 atom stereocenters. The lowest BCUT2D eigenvalue weighted by Crippen LogP contribution is -2.16. The first-order valence-electron chi connectivity index (χ1n) is 24.0. The topological polar surface area (TPSA) is 62.1 Å². The second-order valence-electron chi connectivity index (χ2n) is 18.3. The van der Waals surface area contributed by atoms with E-state index in [1.807, 2.05) is 0 Å². The Morgan fingerprint density at radius 1 is 0.437 bits per heavy atom. The van der Waals surface area contributed by atoms with Gasteiger partial charge in [0.15, 0.2) is 0 Å². The van der Waals surface area contributed by atoms with Gasteiger partial charge in [0.25, 0.3) is 0 Å². The molecule has 1 aliphatic heterocycles. The number of para-hydroxylation sites is 3. The van der Waals surface area contributed by atoms with Gasteiger partial charge in [-0.1, -0.05) is 188 Å². The molecule has 332 valence electrons. The zero-order valence-electron chi connectivity index (χ0n) is 38.1. The third kappa shape index (κ3) is 6.23. The van der Waals surface area contributed by atoms with Crippen LogP contribution in [0.15, 0.2) is 236 Å². The summed E-state index contributed by atoms with van der Waals surface area (Å²) in [5.41, 5.74) is 14.5. The summed E-state index contributed by atoms with van der Waals surface area (Å²) in [6, 6.07) is 82.2. The summed E-state index contributed by atoms with van der Waals surface area (Å²) in [5.74, 6) is 0.632. The number of aromatic nitrogens is 4. The molecule has 7 heteroatoms. The first-order chi connectivity index (χ1) is 35.2. The first kappa shape index (κ1) is 39.8. The van der Waals surface area contributed by atoms with Gasteiger partial charge in [-0.3, -0.25) is 9.56 Å². The van der Waals surface area contributed by atoms with E-state index in [1.165, 1.54) is 25.9 Å². The van der Waals surface area contributed by atoms with Gasteiger partial charge in [0.1, 0.15) is 0 Å². The van der Waals surface area contributed by atoms with Gasteiger partial charge in [-0.15, -0.1) is 17.0 Å². The van der Waals surface area contributed by atoms with Gasteiger partial charge in [0.2, 0.25) is 5.95 Å². The number of rotatable bonds is 6. The maximum absolute atomic E-state index is 5.61. The van der Waals surface area contributed by atoms with Gasteiger partial charge in [-0.2, -0.15) is 0 Å². The summed E-state index contributed by atoms with van der Waals surface area (Å²) in [6.07, 6.45) is -0.537. The first-order valence-corrected chi connectivity index (χ1v) is 24.8. The molecule has 1 unspecified atom stereocenters. The van der Waals surface area contributed by atoms with Crippen LogP contribution in [0.4, 0.5) is 5.69 Å². The summed E-state index contributed by atoms with van der Waals surface area (Å²) in [5, 5.41) is 14.6. The maximum Gasteiger partial charge on any atom is 0.235 e. The lowest BCUT2D eigenvalue weighted by molar-refractivity contribution is 0.655. The van der Waals surface area contributed by atoms with E-state index in [9.17, 15) is 0 Å². The number of benzene rings is 10. The minimum absolute atomic E-state index is 0.537. The second-order valence-corrected chi connectivity index (χ2v) is 19.4. The Hall–Kier alpha value is -9.17. The van der Waals surface area contributed by atoms with Crippen LogP contribution in [-0.2, 0) is 0 Å². The molecule has 15 rings (SSSR count). The maximum atomic E-state index is 5.61. The van der Waals surface area contributed by atoms with Crippen molar-refractivity contribution in [3.63, 3.8) is 0 Å². The van der Waals surface area contributed by atoms with E-state index >= 15 is 0 Å². The minimum atomic E-state index is -0.537. The average Bonchev–Trinajstić information content (AvgIpc) is 4.13. The number of thiophene rings is 1. The molecule has 4 aromatic heterocycles. The van der Waals surface area contributed by atoms with Crippen molar-refractivity contribution in [2.45, 2.75) is 6.29 Å². The standard InChI is InChI=1S/C64H39N6S/c1-4-17-39(18-5-1)57-38-45-31-33-53-58(62(45)71-57)60(41-21-8-3-9-22-41)68-63(66-53)69-55-34-32-44(36-50(55)51-35-42-23-10-11-24-43(42)37-56(51)69)46-27-16-28-48-47-25-13-15-30-54(47)70(61(46)48)64-65-52-29-14-12-26-49(52)59(67-64)40-19-6-2-7-20-40/h1-38,64H/q-1. The Bertz CT molecular complexity index is 4490. The SMILES string of the molecule is c1ccc(C2=NC(n3c4ccccc4c4cccc(-c5ccc6c(c5)c5cc7ccccc7cc5n6-c5nc(-c6ccccc6)c6c(ccc7cc(-c8ccccc8)sc76)n5)c43)[N-]c3ccccc32)cc1. The Morgan fingerprint density at radius 3 is 1.94 bits per heavy atom. The smallest absolute Gasteiger partial charge is 0.235 e. The molecule has 0 spiro atoms. The predicted octanol–water partition coefficient (Wildman–Crippen LogP) is 17.2. The zero-order chi connectivity index (χ0) is 46.6. The number of aliphatic imine (C=N–C) groups is 1. The van der Waals surface area contributed by atoms with Crippen LogP contribution in [0, 0.1) is 0 Å². The number of nitrogens with zero attached hydrogens (tertiary/aromatic N) is 6. The van der Waals surface area contributed by atoms with Crippen molar-refractivity contribution in [3.05, 3.63) is 247 Å². The molecule has 0 aliphatic carbocycles. The van der Waals surface area contributed by atoms with Gasteiger partial charge in [-0.05, 0) is 75.3 Å². The van der Waals surface area contributed by atoms with Crippen LogP contribution in [-0.4, -0.2) is 24.8 Å². The van der Waals surface area contributed by atoms with Gasteiger partial charge in [0, 0.05) is 58.7 Å². The van der Waals surface area contributed by atoms with Crippen molar-refractivity contribution >= 4 is 98.1 Å². The number of hydrogen-bond donors (Lipinski definition) is 0. The normalized spacial score (nSPS) is 13.7. The van der Waals surface area contributed by atoms with Crippen molar-refractivity contribution in [3.8, 4) is 38.8 Å². The number of fused-ring (bicyclic) bond motifs is 11. The molecule has 0 bridgehead atoms. The number of hydrogen-bond acceptors (Lipinski definition) is 4. The monoisotopic (exact) mass is 923 g/mol. The van der Waals surface area contributed by atoms with Crippen LogP contribution in [0.3, 0.4) is 0 Å². The van der Waals surface area contributed by atoms with E-state index in [0.717, 1.165) is 105 Å². The highest BCUT2D eigenvalue weighted by Gasteiger charge is 2.24. The van der Waals surface area contributed by atoms with Crippen molar-refractivity contribution in [1.29, 1.82) is 0 Å². The summed E-state index contributed by atoms with van der Waals surface area (Å²) >= 11 is 1.80. The molecule has 10 aromatic carbocycles. The highest BCUT2D eigenvalue weighted by Crippen LogP contribution is 2.47. The third-order valence-corrected chi connectivity index (χ3v) is 15.5. The van der Waals surface area contributed by atoms with Crippen LogP contribution in [0.1, 0.15) is 17.4 Å². The minimum Gasteiger partial charge on any atom is -0.646 e. The Kier molecular flexibility index (Phi) is 8.79. The Morgan fingerprint density at radius 2 is 1.11 bits per heavy atom. The fraction of sp³-hybridized carbons (Fsp3) is 0.0156. The highest BCUT2D eigenvalue weighted by molar-refractivity contribution is 7.23. The molecule has 0 amide bonds. The van der Waals surface area contributed by atoms with Crippen LogP contribution < -0.4 is 0 Å². The largest absolute Gasteiger partial charge is 0.646 e. The molecule has 14 aromatic rings. The fourth-order valence-electron chi connectivity index (χ4n) is 11.0. The van der Waals surface area contributed by atoms with E-state index < -0.39 is 6.29 Å². The molecule has 0 radical (unpaired) electrons. The quantitative estimate of drug-likeness (QED) is 0.167. The van der Waals surface area contributed by atoms with Crippen LogP contribution in [0.5, 0.6) is 0 Å². The van der Waals surface area contributed by atoms with Crippen molar-refractivity contribution in [2.24, 2.45) is 4.99 Å². The van der Waals surface area contributed by atoms with E-state index in [1.54, 1.807) is 11.3 Å². The van der Waals surface area contributed by atoms with Crippen LogP contribution in [0.2, 0.25) is 0 Å². The average molecular weight is 924 g/mol. The molecular weight excluding hydrogens is 885 g/mol. The molecule has 0 fully saturated rings. The van der Waals surface area contributed by atoms with Gasteiger partial charge in [0.05, 0.1) is 39.8 Å². The van der Waals surface area contributed by atoms with Gasteiger partial charge >= 0.3 is 0 Å². The molecule has 6 nitrogen and oxygen atoms in total. The van der Waals surface area contributed by atoms with Crippen LogP contribution >= 0.6 is 11.3 Å². The van der Waals surface area contributed by atoms with E-state index in [0.29, 0.717) is 5.95 Å². The van der Waals surface area contributed by atoms with Crippen molar-refractivity contribution in [1.82, 2.24) is 19.1 Å². The van der Waals surface area contributed by atoms with Gasteiger partial charge in [-0.25, -0.2) is 9.97 Å². The summed E-state index contributed by atoms with van der Waals surface area (Å²) in [4.78, 5) is 17.8. The molecule has 71 heavy (non-hydrogen) atoms. The zero-order valence-corrected chi connectivity index (χ0v) is 38.9. The molecule has 0 saturated carbocycles. The van der Waals surface area contributed by atoms with E-state index in [2.05, 4.69) is 240 Å². The van der Waals surface area contributed by atoms with Crippen LogP contribution in [0.25, 0.3) is 119 Å². The molecule has 0 saturated heterocycles. The van der Waals surface area contributed by atoms with E-state index in [4.69, 9.17) is 20.3 Å². The summed E-state index contributed by atoms with van der Waals surface area (Å²) in [6.45, 7) is 0. The third-order valence-electron chi connectivity index (χ3n) is 14.3. The second kappa shape index (κ2) is 15.7. The molecule has 0 N–H and O–H groups in total. The van der Waals surface area contributed by atoms with Crippen molar-refractivity contribution < 1.29 is 0 Å². The molecule has 5 heterocycles. The summed E-state index contributed by atoms with van der Waals surface area (Å²) in [7, 11) is 0. The van der Waals surface area contributed by atoms with E-state index in [-0.39, 0.29) is 0 Å². The molecule has 1 aliphatic rings. The Balaban J connectivity index is 0.971. The van der Waals surface area contributed by atoms with Crippen molar-refractivity contribution in [2.75, 3.05) is 0 Å². The lowest BCUT2D eigenvalue weighted by Gasteiger charge is -2.39. The molecular formula is C64H39N6S-. The summed E-state index contributed by atoms with van der Waals surface area (Å²) < 4.78 is 5.81. The fourth-order valence-corrected chi connectivity index (χ4v) is 12.2. The lowest BCUT2D eigenvalue weighted by atomic mass is 9.98. The Labute approximate surface area is 412 Å².